The second-order valence-electron chi connectivity index (χ2n) is 3.71. The van der Waals surface area contributed by atoms with Crippen molar-refractivity contribution < 1.29 is 0 Å². The Morgan fingerprint density at radius 2 is 2.20 bits per heavy atom. The van der Waals surface area contributed by atoms with Crippen LogP contribution in [-0.2, 0) is 0 Å². The average molecular weight is 197 g/mol. The van der Waals surface area contributed by atoms with E-state index in [1.165, 1.54) is 10.9 Å². The molecule has 0 amide bonds. The zero-order valence-corrected chi connectivity index (χ0v) is 8.44. The summed E-state index contributed by atoms with van der Waals surface area (Å²) in [7, 11) is 0. The van der Waals surface area contributed by atoms with Gasteiger partial charge in [-0.15, -0.1) is 0 Å². The number of hydrogen-bond donors (Lipinski definition) is 1. The number of fused-ring (bicyclic) bond motifs is 1. The van der Waals surface area contributed by atoms with Crippen LogP contribution < -0.4 is 0 Å². The van der Waals surface area contributed by atoms with Crippen molar-refractivity contribution in [2.45, 2.75) is 6.92 Å². The van der Waals surface area contributed by atoms with Gasteiger partial charge >= 0.3 is 0 Å². The summed E-state index contributed by atoms with van der Waals surface area (Å²) in [5.74, 6) is 0. The van der Waals surface area contributed by atoms with Gasteiger partial charge in [-0.3, -0.25) is 0 Å². The molecule has 0 atom stereocenters. The maximum absolute atomic E-state index is 4.28. The predicted molar refractivity (Wildman–Crippen MR) is 60.2 cm³/mol. The van der Waals surface area contributed by atoms with Crippen LogP contribution >= 0.6 is 0 Å². The molecule has 0 unspecified atom stereocenters. The zero-order valence-electron chi connectivity index (χ0n) is 8.44. The van der Waals surface area contributed by atoms with E-state index in [9.17, 15) is 0 Å². The van der Waals surface area contributed by atoms with Crippen LogP contribution in [0.2, 0.25) is 0 Å². The van der Waals surface area contributed by atoms with Crippen LogP contribution in [0.1, 0.15) is 5.56 Å². The van der Waals surface area contributed by atoms with Crippen LogP contribution in [-0.4, -0.2) is 14.8 Å². The highest BCUT2D eigenvalue weighted by Gasteiger charge is 2.00. The number of benzene rings is 1. The highest BCUT2D eigenvalue weighted by atomic mass is 15.3. The normalized spacial score (nSPS) is 11.0. The molecular formula is C12H11N3. The molecule has 0 fully saturated rings. The van der Waals surface area contributed by atoms with Crippen molar-refractivity contribution in [2.24, 2.45) is 0 Å². The number of nitrogens with zero attached hydrogens (tertiary/aromatic N) is 2. The predicted octanol–water partition coefficient (Wildman–Crippen LogP) is 2.66. The third-order valence-corrected chi connectivity index (χ3v) is 2.51. The van der Waals surface area contributed by atoms with Crippen LogP contribution in [0.5, 0.6) is 0 Å². The number of hydrogen-bond acceptors (Lipinski definition) is 1. The Hall–Kier alpha value is -2.03. The molecule has 3 heteroatoms. The molecule has 0 saturated heterocycles. The molecule has 2 aromatic heterocycles. The second kappa shape index (κ2) is 2.98. The van der Waals surface area contributed by atoms with Crippen molar-refractivity contribution in [1.82, 2.24) is 14.8 Å². The van der Waals surface area contributed by atoms with E-state index in [1.807, 2.05) is 30.2 Å². The first kappa shape index (κ1) is 8.29. The van der Waals surface area contributed by atoms with Gasteiger partial charge in [0.15, 0.2) is 0 Å². The third-order valence-electron chi connectivity index (χ3n) is 2.51. The zero-order chi connectivity index (χ0) is 10.3. The SMILES string of the molecule is Cc1cnn(-c2ccc3[nH]ccc3c2)c1. The Bertz CT molecular complexity index is 604. The number of H-pyrrole nitrogens is 1. The summed E-state index contributed by atoms with van der Waals surface area (Å²) in [5.41, 5.74) is 3.42. The van der Waals surface area contributed by atoms with Crippen LogP contribution in [0.3, 0.4) is 0 Å². The lowest BCUT2D eigenvalue weighted by molar-refractivity contribution is 0.882. The van der Waals surface area contributed by atoms with E-state index in [1.54, 1.807) is 0 Å². The lowest BCUT2D eigenvalue weighted by atomic mass is 10.2. The molecule has 1 N–H and O–H groups in total. The van der Waals surface area contributed by atoms with E-state index in [2.05, 4.69) is 34.3 Å². The van der Waals surface area contributed by atoms with E-state index >= 15 is 0 Å². The first-order valence-corrected chi connectivity index (χ1v) is 4.92. The van der Waals surface area contributed by atoms with Gasteiger partial charge in [-0.25, -0.2) is 4.68 Å². The van der Waals surface area contributed by atoms with Gasteiger partial charge in [-0.05, 0) is 36.8 Å². The summed E-state index contributed by atoms with van der Waals surface area (Å²) in [6.45, 7) is 2.04. The standard InChI is InChI=1S/C12H11N3/c1-9-7-14-15(8-9)11-2-3-12-10(6-11)4-5-13-12/h2-8,13H,1H3. The lowest BCUT2D eigenvalue weighted by Crippen LogP contribution is -1.93. The highest BCUT2D eigenvalue weighted by molar-refractivity contribution is 5.81. The van der Waals surface area contributed by atoms with Crippen molar-refractivity contribution in [1.29, 1.82) is 0 Å². The topological polar surface area (TPSA) is 33.6 Å². The van der Waals surface area contributed by atoms with Gasteiger partial charge in [0.25, 0.3) is 0 Å². The number of nitrogens with one attached hydrogen (secondary N) is 1. The number of aromatic amines is 1. The Kier molecular flexibility index (Phi) is 1.65. The fourth-order valence-electron chi connectivity index (χ4n) is 1.74. The first-order chi connectivity index (χ1) is 7.33. The maximum atomic E-state index is 4.28. The summed E-state index contributed by atoms with van der Waals surface area (Å²) in [6.07, 6.45) is 5.83. The van der Waals surface area contributed by atoms with Crippen LogP contribution in [0.25, 0.3) is 16.6 Å². The summed E-state index contributed by atoms with van der Waals surface area (Å²) >= 11 is 0. The molecule has 15 heavy (non-hydrogen) atoms. The lowest BCUT2D eigenvalue weighted by Gasteiger charge is -2.00. The molecule has 0 spiro atoms. The smallest absolute Gasteiger partial charge is 0.0653 e. The Morgan fingerprint density at radius 3 is 3.00 bits per heavy atom. The molecule has 1 aromatic carbocycles. The molecule has 0 bridgehead atoms. The minimum Gasteiger partial charge on any atom is -0.361 e. The second-order valence-corrected chi connectivity index (χ2v) is 3.71. The fourth-order valence-corrected chi connectivity index (χ4v) is 1.74. The quantitative estimate of drug-likeness (QED) is 0.639. The van der Waals surface area contributed by atoms with Gasteiger partial charge in [0.1, 0.15) is 0 Å². The molecule has 3 rings (SSSR count). The molecule has 0 aliphatic carbocycles. The highest BCUT2D eigenvalue weighted by Crippen LogP contribution is 2.16. The van der Waals surface area contributed by atoms with Crippen molar-refractivity contribution in [3.05, 3.63) is 48.4 Å². The first-order valence-electron chi connectivity index (χ1n) is 4.92. The number of rotatable bonds is 1. The van der Waals surface area contributed by atoms with E-state index in [0.29, 0.717) is 0 Å². The van der Waals surface area contributed by atoms with E-state index in [-0.39, 0.29) is 0 Å². The molecule has 3 nitrogen and oxygen atoms in total. The molecule has 3 aromatic rings. The van der Waals surface area contributed by atoms with Crippen molar-refractivity contribution in [2.75, 3.05) is 0 Å². The van der Waals surface area contributed by atoms with Crippen molar-refractivity contribution in [3.8, 4) is 5.69 Å². The molecular weight excluding hydrogens is 186 g/mol. The van der Waals surface area contributed by atoms with Crippen LogP contribution in [0.15, 0.2) is 42.9 Å². The molecule has 0 radical (unpaired) electrons. The Labute approximate surface area is 87.4 Å². The molecule has 0 aliphatic heterocycles. The summed E-state index contributed by atoms with van der Waals surface area (Å²) in [4.78, 5) is 3.17. The largest absolute Gasteiger partial charge is 0.361 e. The van der Waals surface area contributed by atoms with Gasteiger partial charge in [-0.2, -0.15) is 5.10 Å². The number of aromatic nitrogens is 3. The Balaban J connectivity index is 2.18. The molecule has 0 aliphatic rings. The summed E-state index contributed by atoms with van der Waals surface area (Å²) in [5, 5.41) is 5.49. The molecule has 74 valence electrons. The minimum atomic E-state index is 1.09. The van der Waals surface area contributed by atoms with E-state index in [0.717, 1.165) is 11.2 Å². The monoisotopic (exact) mass is 197 g/mol. The van der Waals surface area contributed by atoms with E-state index < -0.39 is 0 Å². The van der Waals surface area contributed by atoms with Crippen molar-refractivity contribution >= 4 is 10.9 Å². The van der Waals surface area contributed by atoms with Crippen LogP contribution in [0, 0.1) is 6.92 Å². The van der Waals surface area contributed by atoms with Gasteiger partial charge in [-0.1, -0.05) is 0 Å². The van der Waals surface area contributed by atoms with Crippen LogP contribution in [0.4, 0.5) is 0 Å². The summed E-state index contributed by atoms with van der Waals surface area (Å²) < 4.78 is 1.89. The fraction of sp³-hybridized carbons (Fsp3) is 0.0833. The molecule has 2 heterocycles. The van der Waals surface area contributed by atoms with Gasteiger partial charge in [0.05, 0.1) is 11.9 Å². The average Bonchev–Trinajstić information content (AvgIpc) is 2.84. The van der Waals surface area contributed by atoms with E-state index in [4.69, 9.17) is 0 Å². The summed E-state index contributed by atoms with van der Waals surface area (Å²) in [6, 6.07) is 8.32. The van der Waals surface area contributed by atoms with Gasteiger partial charge < -0.3 is 4.98 Å². The van der Waals surface area contributed by atoms with Gasteiger partial charge in [0, 0.05) is 23.3 Å². The van der Waals surface area contributed by atoms with Gasteiger partial charge in [0.2, 0.25) is 0 Å². The Morgan fingerprint density at radius 1 is 1.27 bits per heavy atom. The minimum absolute atomic E-state index is 1.09. The number of aryl methyl sites for hydroxylation is 1. The third kappa shape index (κ3) is 1.32. The maximum Gasteiger partial charge on any atom is 0.0653 e. The molecule has 0 saturated carbocycles. The van der Waals surface area contributed by atoms with Crippen molar-refractivity contribution in [3.63, 3.8) is 0 Å².